The van der Waals surface area contributed by atoms with E-state index in [-0.39, 0.29) is 5.54 Å². The molecule has 0 N–H and O–H groups in total. The van der Waals surface area contributed by atoms with Crippen LogP contribution in [0.5, 0.6) is 0 Å². The zero-order valence-electron chi connectivity index (χ0n) is 15.3. The molecule has 0 aliphatic carbocycles. The molecule has 0 aromatic carbocycles. The monoisotopic (exact) mass is 300 g/mol. The van der Waals surface area contributed by atoms with Crippen LogP contribution in [0, 0.1) is 6.57 Å². The fourth-order valence-corrected chi connectivity index (χ4v) is 2.17. The smallest absolute Gasteiger partial charge is 0.0950 e. The Morgan fingerprint density at radius 1 is 0.955 bits per heavy atom. The van der Waals surface area contributed by atoms with Gasteiger partial charge in [-0.2, -0.15) is 0 Å². The first-order valence-electron chi connectivity index (χ1n) is 8.33. The van der Waals surface area contributed by atoms with E-state index in [4.69, 9.17) is 6.57 Å². The van der Waals surface area contributed by atoms with Crippen LogP contribution in [-0.2, 0) is 0 Å². The van der Waals surface area contributed by atoms with Crippen molar-refractivity contribution in [2.75, 3.05) is 0 Å². The Hall–Kier alpha value is -1.55. The summed E-state index contributed by atoms with van der Waals surface area (Å²) in [4.78, 5) is 3.90. The molecular formula is C21H34N+. The Balaban J connectivity index is 4.10. The quantitative estimate of drug-likeness (QED) is 0.379. The summed E-state index contributed by atoms with van der Waals surface area (Å²) in [6, 6.07) is 0. The highest BCUT2D eigenvalue weighted by molar-refractivity contribution is 5.11. The van der Waals surface area contributed by atoms with Crippen LogP contribution in [0.2, 0.25) is 0 Å². The van der Waals surface area contributed by atoms with Gasteiger partial charge in [-0.3, -0.25) is 0 Å². The van der Waals surface area contributed by atoms with Gasteiger partial charge < -0.3 is 0 Å². The largest absolute Gasteiger partial charge is 0.296 e. The Kier molecular flexibility index (Phi) is 10.3. The molecule has 0 aromatic heterocycles. The predicted octanol–water partition coefficient (Wildman–Crippen LogP) is 7.09. The van der Waals surface area contributed by atoms with Crippen molar-refractivity contribution >= 4 is 0 Å². The van der Waals surface area contributed by atoms with Crippen LogP contribution in [-0.4, -0.2) is 5.54 Å². The number of hydrogen-bond donors (Lipinski definition) is 0. The van der Waals surface area contributed by atoms with E-state index < -0.39 is 0 Å². The Morgan fingerprint density at radius 2 is 1.45 bits per heavy atom. The minimum atomic E-state index is -0.293. The van der Waals surface area contributed by atoms with E-state index in [0.29, 0.717) is 0 Å². The van der Waals surface area contributed by atoms with Crippen LogP contribution in [0.1, 0.15) is 73.1 Å². The van der Waals surface area contributed by atoms with Crippen LogP contribution in [0.15, 0.2) is 47.6 Å². The lowest BCUT2D eigenvalue weighted by Gasteiger charge is -2.06. The summed E-state index contributed by atoms with van der Waals surface area (Å²) in [6.07, 6.45) is 15.3. The molecule has 1 unspecified atom stereocenters. The first-order chi connectivity index (χ1) is 10.3. The lowest BCUT2D eigenvalue weighted by molar-refractivity contribution is 0.625. The number of nitrogens with zero attached hydrogens (tertiary/aromatic N) is 1. The highest BCUT2D eigenvalue weighted by Gasteiger charge is 2.28. The Morgan fingerprint density at radius 3 is 1.91 bits per heavy atom. The number of rotatable bonds is 10. The van der Waals surface area contributed by atoms with E-state index in [1.807, 2.05) is 13.0 Å². The summed E-state index contributed by atoms with van der Waals surface area (Å²) in [5, 5.41) is 0. The molecule has 0 saturated carbocycles. The highest BCUT2D eigenvalue weighted by Crippen LogP contribution is 2.20. The maximum atomic E-state index is 5.43. The summed E-state index contributed by atoms with van der Waals surface area (Å²) in [7, 11) is 0. The Labute approximate surface area is 138 Å². The van der Waals surface area contributed by atoms with Gasteiger partial charge in [0.15, 0.2) is 0 Å². The van der Waals surface area contributed by atoms with Gasteiger partial charge >= 0.3 is 0 Å². The molecule has 0 aliphatic rings. The van der Waals surface area contributed by atoms with Gasteiger partial charge in [0.25, 0.3) is 12.1 Å². The van der Waals surface area contributed by atoms with Crippen molar-refractivity contribution in [2.45, 2.75) is 78.7 Å². The predicted molar refractivity (Wildman–Crippen MR) is 102 cm³/mol. The summed E-state index contributed by atoms with van der Waals surface area (Å²) in [6.45, 7) is 20.0. The van der Waals surface area contributed by atoms with Gasteiger partial charge in [0.1, 0.15) is 0 Å². The molecule has 0 spiro atoms. The molecule has 1 atom stereocenters. The topological polar surface area (TPSA) is 4.36 Å². The third-order valence-corrected chi connectivity index (χ3v) is 4.00. The summed E-state index contributed by atoms with van der Waals surface area (Å²) < 4.78 is 0. The van der Waals surface area contributed by atoms with Crippen molar-refractivity contribution in [3.05, 3.63) is 52.4 Å². The standard InChI is InChI=1S/C21H34N/c1-8-21(6,22-7)17-11-16-20(5)15-10-14-19(4)13-9-12-18(2)3/h7-8,12,14,16H,1,9-11,13,15,17H2,2-6H3/q+1. The third kappa shape index (κ3) is 10.2. The number of hydrogen-bond acceptors (Lipinski definition) is 0. The van der Waals surface area contributed by atoms with Crippen molar-refractivity contribution in [3.63, 3.8) is 0 Å². The molecule has 122 valence electrons. The maximum Gasteiger partial charge on any atom is 0.296 e. The van der Waals surface area contributed by atoms with Gasteiger partial charge in [0.2, 0.25) is 0 Å². The number of allylic oxidation sites excluding steroid dienone is 6. The summed E-state index contributed by atoms with van der Waals surface area (Å²) in [5.74, 6) is 0. The Bertz CT molecular complexity index is 467. The molecule has 0 radical (unpaired) electrons. The van der Waals surface area contributed by atoms with Crippen molar-refractivity contribution in [2.24, 2.45) is 0 Å². The van der Waals surface area contributed by atoms with Gasteiger partial charge in [-0.05, 0) is 65.9 Å². The molecule has 0 aromatic rings. The molecule has 0 saturated heterocycles. The molecule has 1 heteroatoms. The third-order valence-electron chi connectivity index (χ3n) is 4.00. The maximum absolute atomic E-state index is 5.43. The molecule has 22 heavy (non-hydrogen) atoms. The van der Waals surface area contributed by atoms with E-state index in [9.17, 15) is 0 Å². The molecule has 0 amide bonds. The van der Waals surface area contributed by atoms with E-state index in [0.717, 1.165) is 32.1 Å². The van der Waals surface area contributed by atoms with E-state index in [2.05, 4.69) is 57.3 Å². The minimum absolute atomic E-state index is 0.293. The average molecular weight is 301 g/mol. The van der Waals surface area contributed by atoms with Crippen LogP contribution >= 0.6 is 0 Å². The van der Waals surface area contributed by atoms with Crippen molar-refractivity contribution < 1.29 is 0 Å². The lowest BCUT2D eigenvalue weighted by atomic mass is 9.96. The molecule has 0 fully saturated rings. The van der Waals surface area contributed by atoms with E-state index >= 15 is 0 Å². The molecular weight excluding hydrogens is 266 g/mol. The first-order valence-corrected chi connectivity index (χ1v) is 8.33. The second-order valence-electron chi connectivity index (χ2n) is 6.69. The fraction of sp³-hybridized carbons (Fsp3) is 0.571. The highest BCUT2D eigenvalue weighted by atomic mass is 14.8. The molecule has 0 heterocycles. The zero-order chi connectivity index (χ0) is 17.0. The van der Waals surface area contributed by atoms with Gasteiger partial charge in [-0.15, -0.1) is 0 Å². The van der Waals surface area contributed by atoms with Crippen LogP contribution in [0.3, 0.4) is 0 Å². The molecule has 1 nitrogen and oxygen atoms in total. The van der Waals surface area contributed by atoms with Gasteiger partial charge in [-0.25, -0.2) is 0 Å². The minimum Gasteiger partial charge on any atom is -0.0950 e. The van der Waals surface area contributed by atoms with Crippen molar-refractivity contribution in [3.8, 4) is 6.57 Å². The van der Waals surface area contributed by atoms with Crippen LogP contribution < -0.4 is 0 Å². The summed E-state index contributed by atoms with van der Waals surface area (Å²) in [5.41, 5.74) is 4.05. The normalized spacial score (nSPS) is 14.9. The van der Waals surface area contributed by atoms with Gasteiger partial charge in [0, 0.05) is 13.3 Å². The van der Waals surface area contributed by atoms with E-state index in [1.165, 1.54) is 23.1 Å². The van der Waals surface area contributed by atoms with Crippen LogP contribution in [0.25, 0.3) is 4.85 Å². The molecule has 0 bridgehead atoms. The van der Waals surface area contributed by atoms with Crippen molar-refractivity contribution in [1.29, 1.82) is 0 Å². The van der Waals surface area contributed by atoms with Crippen LogP contribution in [0.4, 0.5) is 0 Å². The van der Waals surface area contributed by atoms with Gasteiger partial charge in [-0.1, -0.05) is 46.4 Å². The fourth-order valence-electron chi connectivity index (χ4n) is 2.17. The summed E-state index contributed by atoms with van der Waals surface area (Å²) >= 11 is 0. The van der Waals surface area contributed by atoms with Crippen molar-refractivity contribution in [1.82, 2.24) is 0 Å². The SMILES string of the molecule is C#[N+]C(C)(C=C)CCC=C(C)CCC=C(C)CCC=C(C)C. The second kappa shape index (κ2) is 11.1. The zero-order valence-corrected chi connectivity index (χ0v) is 15.3. The first kappa shape index (κ1) is 20.5. The molecule has 0 rings (SSSR count). The average Bonchev–Trinajstić information content (AvgIpc) is 2.46. The van der Waals surface area contributed by atoms with Gasteiger partial charge in [0.05, 0.1) is 0 Å². The second-order valence-corrected chi connectivity index (χ2v) is 6.69. The van der Waals surface area contributed by atoms with E-state index in [1.54, 1.807) is 0 Å². The molecule has 0 aliphatic heterocycles. The lowest BCUT2D eigenvalue weighted by Crippen LogP contribution is -2.14.